The molecule has 1 heterocycles. The van der Waals surface area contributed by atoms with Gasteiger partial charge in [-0.2, -0.15) is 0 Å². The molecule has 1 aliphatic heterocycles. The van der Waals surface area contributed by atoms with E-state index >= 15 is 0 Å². The Morgan fingerprint density at radius 1 is 1.47 bits per heavy atom. The largest absolute Gasteiger partial charge is 0.353 e. The van der Waals surface area contributed by atoms with Gasteiger partial charge in [0.05, 0.1) is 5.41 Å². The van der Waals surface area contributed by atoms with Crippen LogP contribution in [-0.2, 0) is 4.79 Å². The smallest absolute Gasteiger partial charge is 0.227 e. The minimum absolute atomic E-state index is 0.194. The molecule has 0 spiro atoms. The molecule has 1 fully saturated rings. The van der Waals surface area contributed by atoms with Crippen LogP contribution in [0.5, 0.6) is 0 Å². The highest BCUT2D eigenvalue weighted by Gasteiger charge is 2.35. The van der Waals surface area contributed by atoms with E-state index in [1.807, 2.05) is 0 Å². The second kappa shape index (κ2) is 5.50. The standard InChI is InChI=1S/C12H24N2O/c1-4-10(5-2)14-11(15)12(3)7-6-8-13-9-12/h10,13H,4-9H2,1-3H3,(H,14,15). The maximum absolute atomic E-state index is 12.1. The second-order valence-electron chi connectivity index (χ2n) is 4.83. The lowest BCUT2D eigenvalue weighted by atomic mass is 9.81. The first-order valence-electron chi connectivity index (χ1n) is 6.14. The maximum atomic E-state index is 12.1. The molecule has 1 aliphatic rings. The van der Waals surface area contributed by atoms with E-state index in [0.29, 0.717) is 6.04 Å². The first kappa shape index (κ1) is 12.5. The molecule has 3 heteroatoms. The number of hydrogen-bond acceptors (Lipinski definition) is 2. The predicted molar refractivity (Wildman–Crippen MR) is 62.7 cm³/mol. The molecule has 0 aromatic rings. The van der Waals surface area contributed by atoms with Crippen LogP contribution in [0.3, 0.4) is 0 Å². The molecule has 1 saturated heterocycles. The van der Waals surface area contributed by atoms with Crippen molar-refractivity contribution in [2.75, 3.05) is 13.1 Å². The van der Waals surface area contributed by atoms with Crippen LogP contribution in [0.2, 0.25) is 0 Å². The SMILES string of the molecule is CCC(CC)NC(=O)C1(C)CCCNC1. The van der Waals surface area contributed by atoms with Crippen LogP contribution >= 0.6 is 0 Å². The zero-order chi connectivity index (χ0) is 11.3. The lowest BCUT2D eigenvalue weighted by molar-refractivity contribution is -0.131. The van der Waals surface area contributed by atoms with Gasteiger partial charge in [0, 0.05) is 12.6 Å². The molecule has 1 unspecified atom stereocenters. The Kier molecular flexibility index (Phi) is 4.58. The van der Waals surface area contributed by atoms with Gasteiger partial charge in [-0.3, -0.25) is 4.79 Å². The lowest BCUT2D eigenvalue weighted by Gasteiger charge is -2.34. The highest BCUT2D eigenvalue weighted by atomic mass is 16.2. The van der Waals surface area contributed by atoms with Gasteiger partial charge in [0.2, 0.25) is 5.91 Å². The van der Waals surface area contributed by atoms with E-state index < -0.39 is 0 Å². The molecule has 0 aliphatic carbocycles. The number of piperidine rings is 1. The van der Waals surface area contributed by atoms with Crippen LogP contribution in [0.4, 0.5) is 0 Å². The van der Waals surface area contributed by atoms with E-state index in [1.54, 1.807) is 0 Å². The van der Waals surface area contributed by atoms with Crippen molar-refractivity contribution >= 4 is 5.91 Å². The number of carbonyl (C=O) groups excluding carboxylic acids is 1. The molecule has 3 nitrogen and oxygen atoms in total. The van der Waals surface area contributed by atoms with Gasteiger partial charge in [-0.05, 0) is 39.2 Å². The fraction of sp³-hybridized carbons (Fsp3) is 0.917. The molecular formula is C12H24N2O. The minimum Gasteiger partial charge on any atom is -0.353 e. The zero-order valence-electron chi connectivity index (χ0n) is 10.2. The van der Waals surface area contributed by atoms with Crippen LogP contribution in [0.15, 0.2) is 0 Å². The number of carbonyl (C=O) groups is 1. The van der Waals surface area contributed by atoms with Crippen molar-refractivity contribution < 1.29 is 4.79 Å². The molecule has 0 aromatic heterocycles. The van der Waals surface area contributed by atoms with E-state index in [1.165, 1.54) is 0 Å². The summed E-state index contributed by atoms with van der Waals surface area (Å²) < 4.78 is 0. The number of nitrogens with one attached hydrogen (secondary N) is 2. The summed E-state index contributed by atoms with van der Waals surface area (Å²) in [5, 5.41) is 6.45. The Labute approximate surface area is 93.0 Å². The van der Waals surface area contributed by atoms with E-state index in [9.17, 15) is 4.79 Å². The summed E-state index contributed by atoms with van der Waals surface area (Å²) in [7, 11) is 0. The van der Waals surface area contributed by atoms with E-state index in [2.05, 4.69) is 31.4 Å². The van der Waals surface area contributed by atoms with Crippen molar-refractivity contribution in [3.63, 3.8) is 0 Å². The van der Waals surface area contributed by atoms with Gasteiger partial charge in [-0.1, -0.05) is 13.8 Å². The maximum Gasteiger partial charge on any atom is 0.227 e. The third kappa shape index (κ3) is 3.20. The Morgan fingerprint density at radius 3 is 2.60 bits per heavy atom. The van der Waals surface area contributed by atoms with Crippen LogP contribution in [-0.4, -0.2) is 25.0 Å². The third-order valence-electron chi connectivity index (χ3n) is 3.47. The molecule has 0 radical (unpaired) electrons. The van der Waals surface area contributed by atoms with Crippen molar-refractivity contribution in [2.45, 2.75) is 52.5 Å². The van der Waals surface area contributed by atoms with Crippen molar-refractivity contribution in [3.05, 3.63) is 0 Å². The molecule has 0 bridgehead atoms. The Morgan fingerprint density at radius 2 is 2.13 bits per heavy atom. The third-order valence-corrected chi connectivity index (χ3v) is 3.47. The summed E-state index contributed by atoms with van der Waals surface area (Å²) in [5.41, 5.74) is -0.194. The van der Waals surface area contributed by atoms with Gasteiger partial charge >= 0.3 is 0 Å². The molecule has 1 atom stereocenters. The van der Waals surface area contributed by atoms with Gasteiger partial charge in [0.25, 0.3) is 0 Å². The van der Waals surface area contributed by atoms with Gasteiger partial charge < -0.3 is 10.6 Å². The van der Waals surface area contributed by atoms with E-state index in [-0.39, 0.29) is 11.3 Å². The van der Waals surface area contributed by atoms with Gasteiger partial charge in [0.1, 0.15) is 0 Å². The molecule has 15 heavy (non-hydrogen) atoms. The summed E-state index contributed by atoms with van der Waals surface area (Å²) in [6.07, 6.45) is 4.15. The summed E-state index contributed by atoms with van der Waals surface area (Å²) in [6.45, 7) is 8.18. The molecule has 0 saturated carbocycles. The highest BCUT2D eigenvalue weighted by molar-refractivity contribution is 5.82. The number of hydrogen-bond donors (Lipinski definition) is 2. The molecule has 1 rings (SSSR count). The van der Waals surface area contributed by atoms with E-state index in [4.69, 9.17) is 0 Å². The number of amides is 1. The predicted octanol–water partition coefficient (Wildman–Crippen LogP) is 1.68. The summed E-state index contributed by atoms with van der Waals surface area (Å²) in [6, 6.07) is 0.344. The minimum atomic E-state index is -0.194. The molecule has 1 amide bonds. The molecular weight excluding hydrogens is 188 g/mol. The van der Waals surface area contributed by atoms with Crippen LogP contribution in [0, 0.1) is 5.41 Å². The highest BCUT2D eigenvalue weighted by Crippen LogP contribution is 2.25. The first-order chi connectivity index (χ1) is 7.12. The van der Waals surface area contributed by atoms with Crippen molar-refractivity contribution in [1.82, 2.24) is 10.6 Å². The van der Waals surface area contributed by atoms with Crippen LogP contribution in [0.25, 0.3) is 0 Å². The number of rotatable bonds is 4. The van der Waals surface area contributed by atoms with Crippen LogP contribution < -0.4 is 10.6 Å². The second-order valence-corrected chi connectivity index (χ2v) is 4.83. The van der Waals surface area contributed by atoms with Gasteiger partial charge in [0.15, 0.2) is 0 Å². The fourth-order valence-corrected chi connectivity index (χ4v) is 2.10. The normalized spacial score (nSPS) is 26.7. The molecule has 2 N–H and O–H groups in total. The van der Waals surface area contributed by atoms with Crippen molar-refractivity contribution in [3.8, 4) is 0 Å². The topological polar surface area (TPSA) is 41.1 Å². The average Bonchev–Trinajstić information content (AvgIpc) is 2.26. The average molecular weight is 212 g/mol. The summed E-state index contributed by atoms with van der Waals surface area (Å²) >= 11 is 0. The first-order valence-corrected chi connectivity index (χ1v) is 6.14. The fourth-order valence-electron chi connectivity index (χ4n) is 2.10. The van der Waals surface area contributed by atoms with Crippen molar-refractivity contribution in [2.24, 2.45) is 5.41 Å². The van der Waals surface area contributed by atoms with Crippen LogP contribution in [0.1, 0.15) is 46.5 Å². The lowest BCUT2D eigenvalue weighted by Crippen LogP contribution is -2.51. The molecule has 88 valence electrons. The zero-order valence-corrected chi connectivity index (χ0v) is 10.2. The van der Waals surface area contributed by atoms with Crippen molar-refractivity contribution in [1.29, 1.82) is 0 Å². The molecule has 0 aromatic carbocycles. The quantitative estimate of drug-likeness (QED) is 0.744. The summed E-state index contributed by atoms with van der Waals surface area (Å²) in [4.78, 5) is 12.1. The Hall–Kier alpha value is -0.570. The monoisotopic (exact) mass is 212 g/mol. The van der Waals surface area contributed by atoms with E-state index in [0.717, 1.165) is 38.8 Å². The Bertz CT molecular complexity index is 206. The summed E-state index contributed by atoms with van der Waals surface area (Å²) in [5.74, 6) is 0.225. The Balaban J connectivity index is 2.50. The van der Waals surface area contributed by atoms with Gasteiger partial charge in [-0.25, -0.2) is 0 Å². The van der Waals surface area contributed by atoms with Gasteiger partial charge in [-0.15, -0.1) is 0 Å².